The van der Waals surface area contributed by atoms with Crippen molar-refractivity contribution >= 4 is 21.6 Å². The molecule has 1 amide bonds. The molecular formula is C23H27N5O3S. The van der Waals surface area contributed by atoms with Gasteiger partial charge in [0.15, 0.2) is 0 Å². The van der Waals surface area contributed by atoms with Crippen LogP contribution in [0.1, 0.15) is 12.5 Å². The van der Waals surface area contributed by atoms with E-state index < -0.39 is 10.0 Å². The third kappa shape index (κ3) is 5.07. The highest BCUT2D eigenvalue weighted by atomic mass is 32.2. The van der Waals surface area contributed by atoms with Crippen LogP contribution in [0.25, 0.3) is 5.69 Å². The Balaban J connectivity index is 1.41. The van der Waals surface area contributed by atoms with Gasteiger partial charge >= 0.3 is 0 Å². The van der Waals surface area contributed by atoms with E-state index in [1.807, 2.05) is 36.5 Å². The first kappa shape index (κ1) is 22.2. The van der Waals surface area contributed by atoms with Crippen molar-refractivity contribution in [2.24, 2.45) is 0 Å². The zero-order chi connectivity index (χ0) is 22.6. The van der Waals surface area contributed by atoms with Gasteiger partial charge < -0.3 is 10.2 Å². The number of amides is 1. The van der Waals surface area contributed by atoms with Gasteiger partial charge in [-0.15, -0.1) is 0 Å². The number of piperazine rings is 1. The van der Waals surface area contributed by atoms with Gasteiger partial charge in [-0.25, -0.2) is 13.1 Å². The van der Waals surface area contributed by atoms with Gasteiger partial charge in [0.1, 0.15) is 0 Å². The Morgan fingerprint density at radius 2 is 1.78 bits per heavy atom. The average Bonchev–Trinajstić information content (AvgIpc) is 3.28. The van der Waals surface area contributed by atoms with Crippen LogP contribution in [0, 0.1) is 0 Å². The second kappa shape index (κ2) is 9.64. The summed E-state index contributed by atoms with van der Waals surface area (Å²) in [4.78, 5) is 15.0. The zero-order valence-electron chi connectivity index (χ0n) is 18.0. The van der Waals surface area contributed by atoms with Crippen LogP contribution >= 0.6 is 0 Å². The first-order chi connectivity index (χ1) is 15.5. The smallest absolute Gasteiger partial charge is 0.243 e. The minimum Gasteiger partial charge on any atom is -0.326 e. The predicted octanol–water partition coefficient (Wildman–Crippen LogP) is 2.38. The van der Waals surface area contributed by atoms with E-state index in [0.29, 0.717) is 18.8 Å². The molecule has 2 aromatic carbocycles. The van der Waals surface area contributed by atoms with Crippen molar-refractivity contribution in [1.82, 2.24) is 19.0 Å². The van der Waals surface area contributed by atoms with E-state index in [1.54, 1.807) is 29.1 Å². The minimum atomic E-state index is -3.60. The molecule has 0 unspecified atom stereocenters. The van der Waals surface area contributed by atoms with Crippen LogP contribution in [0.15, 0.2) is 71.9 Å². The number of anilines is 1. The quantitative estimate of drug-likeness (QED) is 0.594. The van der Waals surface area contributed by atoms with Gasteiger partial charge in [0, 0.05) is 38.1 Å². The summed E-state index contributed by atoms with van der Waals surface area (Å²) in [6, 6.07) is 16.1. The molecule has 0 spiro atoms. The van der Waals surface area contributed by atoms with E-state index in [2.05, 4.69) is 22.2 Å². The number of sulfonamides is 1. The fraction of sp³-hybridized carbons (Fsp3) is 0.304. The predicted molar refractivity (Wildman–Crippen MR) is 123 cm³/mol. The highest BCUT2D eigenvalue weighted by Crippen LogP contribution is 2.21. The lowest BCUT2D eigenvalue weighted by Crippen LogP contribution is -2.48. The molecule has 0 atom stereocenters. The molecule has 4 rings (SSSR count). The summed E-state index contributed by atoms with van der Waals surface area (Å²) in [6.07, 6.45) is 3.61. The number of benzene rings is 2. The highest BCUT2D eigenvalue weighted by molar-refractivity contribution is 7.89. The zero-order valence-corrected chi connectivity index (χ0v) is 18.8. The summed E-state index contributed by atoms with van der Waals surface area (Å²) in [5.41, 5.74) is 2.14. The molecule has 9 heteroatoms. The van der Waals surface area contributed by atoms with E-state index in [0.717, 1.165) is 30.9 Å². The maximum absolute atomic E-state index is 13.0. The number of para-hydroxylation sites is 1. The molecule has 0 radical (unpaired) electrons. The molecule has 0 saturated carbocycles. The van der Waals surface area contributed by atoms with E-state index in [-0.39, 0.29) is 17.2 Å². The molecule has 1 aliphatic heterocycles. The van der Waals surface area contributed by atoms with Crippen molar-refractivity contribution < 1.29 is 13.2 Å². The Labute approximate surface area is 188 Å². The fourth-order valence-electron chi connectivity index (χ4n) is 3.73. The van der Waals surface area contributed by atoms with Crippen LogP contribution in [0.4, 0.5) is 5.69 Å². The number of nitrogens with one attached hydrogen (secondary N) is 1. The summed E-state index contributed by atoms with van der Waals surface area (Å²) in [5, 5.41) is 7.11. The fourth-order valence-corrected chi connectivity index (χ4v) is 5.20. The van der Waals surface area contributed by atoms with Crippen molar-refractivity contribution in [2.45, 2.75) is 18.2 Å². The lowest BCUT2D eigenvalue weighted by molar-refractivity contribution is -0.115. The van der Waals surface area contributed by atoms with Gasteiger partial charge in [-0.1, -0.05) is 31.2 Å². The van der Waals surface area contributed by atoms with Gasteiger partial charge in [-0.3, -0.25) is 4.79 Å². The number of carbonyl (C=O) groups is 1. The Bertz CT molecular complexity index is 1170. The van der Waals surface area contributed by atoms with Crippen LogP contribution < -0.4 is 5.32 Å². The lowest BCUT2D eigenvalue weighted by Gasteiger charge is -2.33. The van der Waals surface area contributed by atoms with Gasteiger partial charge in [0.05, 0.1) is 23.2 Å². The topological polar surface area (TPSA) is 87.5 Å². The monoisotopic (exact) mass is 453 g/mol. The van der Waals surface area contributed by atoms with Crippen LogP contribution in [-0.2, 0) is 21.2 Å². The van der Waals surface area contributed by atoms with Crippen LogP contribution in [0.3, 0.4) is 0 Å². The van der Waals surface area contributed by atoms with Gasteiger partial charge in [0.2, 0.25) is 15.9 Å². The first-order valence-corrected chi connectivity index (χ1v) is 12.1. The molecule has 1 aliphatic rings. The van der Waals surface area contributed by atoms with Crippen molar-refractivity contribution in [1.29, 1.82) is 0 Å². The molecule has 168 valence electrons. The first-order valence-electron chi connectivity index (χ1n) is 10.7. The number of hydrogen-bond donors (Lipinski definition) is 1. The van der Waals surface area contributed by atoms with Crippen LogP contribution in [0.5, 0.6) is 0 Å². The van der Waals surface area contributed by atoms with Crippen molar-refractivity contribution in [2.75, 3.05) is 38.0 Å². The lowest BCUT2D eigenvalue weighted by atomic mass is 10.2. The van der Waals surface area contributed by atoms with Crippen molar-refractivity contribution in [3.05, 3.63) is 72.6 Å². The van der Waals surface area contributed by atoms with Crippen molar-refractivity contribution in [3.63, 3.8) is 0 Å². The number of aromatic nitrogens is 2. The number of carbonyl (C=O) groups excluding carboxylic acids is 1. The Morgan fingerprint density at radius 1 is 1.03 bits per heavy atom. The Hall–Kier alpha value is -3.01. The van der Waals surface area contributed by atoms with Crippen molar-refractivity contribution in [3.8, 4) is 5.69 Å². The molecule has 1 aromatic heterocycles. The molecule has 1 saturated heterocycles. The maximum atomic E-state index is 13.0. The molecule has 0 bridgehead atoms. The Kier molecular flexibility index (Phi) is 6.69. The highest BCUT2D eigenvalue weighted by Gasteiger charge is 2.28. The molecule has 2 heterocycles. The third-order valence-electron chi connectivity index (χ3n) is 5.56. The molecule has 0 aliphatic carbocycles. The summed E-state index contributed by atoms with van der Waals surface area (Å²) in [5.74, 6) is -0.233. The summed E-state index contributed by atoms with van der Waals surface area (Å²) in [6.45, 7) is 5.38. The third-order valence-corrected chi connectivity index (χ3v) is 7.45. The summed E-state index contributed by atoms with van der Waals surface area (Å²) >= 11 is 0. The van der Waals surface area contributed by atoms with E-state index >= 15 is 0 Å². The standard InChI is InChI=1S/C23H27N5O3S/c1-2-26-11-13-27(14-12-26)32(30,31)22-10-6-7-20(16-22)25-23(29)15-19-17-24-28(18-19)21-8-4-3-5-9-21/h3-10,16-18H,2,11-15H2,1H3,(H,25,29). The largest absolute Gasteiger partial charge is 0.326 e. The second-order valence-corrected chi connectivity index (χ2v) is 9.66. The molecule has 8 nitrogen and oxygen atoms in total. The molecule has 32 heavy (non-hydrogen) atoms. The summed E-state index contributed by atoms with van der Waals surface area (Å²) < 4.78 is 29.3. The number of nitrogens with zero attached hydrogens (tertiary/aromatic N) is 4. The van der Waals surface area contributed by atoms with E-state index in [4.69, 9.17) is 0 Å². The second-order valence-electron chi connectivity index (χ2n) is 7.72. The van der Waals surface area contributed by atoms with Gasteiger partial charge in [0.25, 0.3) is 0 Å². The van der Waals surface area contributed by atoms with Gasteiger partial charge in [-0.05, 0) is 42.4 Å². The number of hydrogen-bond acceptors (Lipinski definition) is 5. The Morgan fingerprint density at radius 3 is 2.50 bits per heavy atom. The summed E-state index contributed by atoms with van der Waals surface area (Å²) in [7, 11) is -3.60. The number of likely N-dealkylation sites (N-methyl/N-ethyl adjacent to an activating group) is 1. The van der Waals surface area contributed by atoms with E-state index in [9.17, 15) is 13.2 Å². The minimum absolute atomic E-state index is 0.142. The number of rotatable bonds is 7. The molecule has 1 N–H and O–H groups in total. The van der Waals surface area contributed by atoms with E-state index in [1.165, 1.54) is 10.4 Å². The average molecular weight is 454 g/mol. The molecule has 3 aromatic rings. The van der Waals surface area contributed by atoms with Crippen LogP contribution in [0.2, 0.25) is 0 Å². The van der Waals surface area contributed by atoms with Crippen LogP contribution in [-0.4, -0.2) is 66.0 Å². The normalized spacial score (nSPS) is 15.5. The SMILES string of the molecule is CCN1CCN(S(=O)(=O)c2cccc(NC(=O)Cc3cnn(-c4ccccc4)c3)c2)CC1. The maximum Gasteiger partial charge on any atom is 0.243 e. The molecule has 1 fully saturated rings. The molecular weight excluding hydrogens is 426 g/mol. The van der Waals surface area contributed by atoms with Gasteiger partial charge in [-0.2, -0.15) is 9.40 Å².